The monoisotopic (exact) mass is 1060 g/mol. The second-order valence-corrected chi connectivity index (χ2v) is 22.3. The maximum Gasteiger partial charge on any atom is 0.394 e. The standard InChI is InChI=1S/C13H19NO5S.C13H17NO4S.C13H17NO3S.3C2H6.H2O4S.H2O/c1-10-5-3-4-6-11(10)19-12-7-14(20(2,17)18)8-13(12,16)9-15;1-10-5-3-4-6-11(10)18-12-7-14(19(2,15)16)8-13(12)9-17-13;1-10-6-4-5-7-12(10)17-13-9-14(8-11(13)2)18(3,15)16;3*1-2;1-5(2,3)4;/h3-6,12,15-16H,7-9H2,1-2H3;3-6,12H,7-9H2,1-2H3;4-7,13H,2,8-9H2,1,3H3;3*1-2H3;(H2,1,2,3,4);1H2/t2*12-,13-;13-;;;;;/m000...../s1. The Morgan fingerprint density at radius 1 is 0.609 bits per heavy atom. The van der Waals surface area contributed by atoms with Gasteiger partial charge in [-0.25, -0.2) is 25.3 Å². The van der Waals surface area contributed by atoms with Crippen LogP contribution in [0.15, 0.2) is 84.9 Å². The van der Waals surface area contributed by atoms with Crippen LogP contribution in [0.4, 0.5) is 0 Å². The lowest BCUT2D eigenvalue weighted by Crippen LogP contribution is -2.48. The predicted molar refractivity (Wildman–Crippen MR) is 268 cm³/mol. The number of benzene rings is 3. The third-order valence-corrected chi connectivity index (χ3v) is 14.0. The van der Waals surface area contributed by atoms with Crippen molar-refractivity contribution in [3.05, 3.63) is 102 Å². The van der Waals surface area contributed by atoms with E-state index in [1.807, 2.05) is 123 Å². The number of β-amino-alcohol motifs (C(OH)–C–C–N with tert-alkyl or cyclic N) is 1. The number of aliphatic hydroxyl groups excluding tert-OH is 1. The first-order chi connectivity index (χ1) is 31.5. The molecule has 0 radical (unpaired) electrons. The van der Waals surface area contributed by atoms with Crippen LogP contribution in [0.25, 0.3) is 0 Å². The number of rotatable bonds is 10. The van der Waals surface area contributed by atoms with Gasteiger partial charge in [-0.05, 0) is 61.2 Å². The molecule has 4 aliphatic heterocycles. The average molecular weight is 1060 g/mol. The lowest BCUT2D eigenvalue weighted by molar-refractivity contribution is -0.0642. The zero-order chi connectivity index (χ0) is 52.5. The van der Waals surface area contributed by atoms with E-state index in [2.05, 4.69) is 6.58 Å². The summed E-state index contributed by atoms with van der Waals surface area (Å²) in [4.78, 5) is 0. The van der Waals surface area contributed by atoms with E-state index < -0.39 is 64.4 Å². The molecule has 4 saturated heterocycles. The molecule has 3 aromatic rings. The molecular weight excluding hydrogens is 983 g/mol. The number of epoxide rings is 1. The molecule has 3 aromatic carbocycles. The Kier molecular flexibility index (Phi) is 26.8. The van der Waals surface area contributed by atoms with Gasteiger partial charge in [0, 0.05) is 19.6 Å². The van der Waals surface area contributed by atoms with Crippen LogP contribution in [0.5, 0.6) is 17.2 Å². The van der Waals surface area contributed by atoms with Crippen LogP contribution in [0.3, 0.4) is 0 Å². The molecule has 0 saturated carbocycles. The Morgan fingerprint density at radius 3 is 1.28 bits per heavy atom. The summed E-state index contributed by atoms with van der Waals surface area (Å²) in [5.74, 6) is 2.14. The maximum atomic E-state index is 11.6. The fourth-order valence-corrected chi connectivity index (χ4v) is 9.10. The van der Waals surface area contributed by atoms with Gasteiger partial charge in [-0.2, -0.15) is 21.3 Å². The van der Waals surface area contributed by atoms with Crippen LogP contribution in [0.1, 0.15) is 58.2 Å². The molecule has 20 nitrogen and oxygen atoms in total. The van der Waals surface area contributed by atoms with Gasteiger partial charge in [0.25, 0.3) is 0 Å². The number of sulfonamides is 3. The molecule has 0 bridgehead atoms. The molecular formula is C45H75N3O17S4. The summed E-state index contributed by atoms with van der Waals surface area (Å²) >= 11 is 0. The van der Waals surface area contributed by atoms with Gasteiger partial charge in [-0.15, -0.1) is 0 Å². The van der Waals surface area contributed by atoms with Crippen LogP contribution >= 0.6 is 0 Å². The van der Waals surface area contributed by atoms with Crippen LogP contribution in [0.2, 0.25) is 0 Å². The van der Waals surface area contributed by atoms with Gasteiger partial charge in [0.2, 0.25) is 30.1 Å². The lowest BCUT2D eigenvalue weighted by atomic mass is 10.0. The first-order valence-corrected chi connectivity index (χ1v) is 28.9. The molecule has 5 atom stereocenters. The first kappa shape index (κ1) is 65.2. The van der Waals surface area contributed by atoms with Gasteiger partial charge in [0.05, 0.1) is 51.6 Å². The molecule has 4 aliphatic rings. The molecule has 7 rings (SSSR count). The Hall–Kier alpha value is -3.76. The van der Waals surface area contributed by atoms with E-state index in [9.17, 15) is 35.5 Å². The van der Waals surface area contributed by atoms with E-state index in [4.69, 9.17) is 36.5 Å². The number of ether oxygens (including phenoxy) is 4. The molecule has 0 aromatic heterocycles. The highest BCUT2D eigenvalue weighted by molar-refractivity contribution is 7.88. The van der Waals surface area contributed by atoms with Gasteiger partial charge >= 0.3 is 10.4 Å². The molecule has 0 aliphatic carbocycles. The van der Waals surface area contributed by atoms with Crippen molar-refractivity contribution in [3.63, 3.8) is 0 Å². The van der Waals surface area contributed by atoms with Gasteiger partial charge in [0.15, 0.2) is 0 Å². The number of aryl methyl sites for hydroxylation is 3. The molecule has 6 N–H and O–H groups in total. The number of hydrogen-bond donors (Lipinski definition) is 4. The maximum absolute atomic E-state index is 11.6. The number of hydrogen-bond acceptors (Lipinski definition) is 14. The van der Waals surface area contributed by atoms with E-state index in [-0.39, 0.29) is 30.8 Å². The summed E-state index contributed by atoms with van der Waals surface area (Å²) in [6.45, 7) is 23.0. The van der Waals surface area contributed by atoms with Crippen molar-refractivity contribution in [2.45, 2.75) is 91.8 Å². The zero-order valence-corrected chi connectivity index (χ0v) is 45.0. The highest BCUT2D eigenvalue weighted by Gasteiger charge is 2.61. The molecule has 69 heavy (non-hydrogen) atoms. The second-order valence-electron chi connectivity index (χ2n) is 15.5. The predicted octanol–water partition coefficient (Wildman–Crippen LogP) is 3.70. The van der Waals surface area contributed by atoms with Gasteiger partial charge < -0.3 is 34.6 Å². The minimum Gasteiger partial charge on any atom is -0.486 e. The topological polar surface area (TPSA) is 299 Å². The van der Waals surface area contributed by atoms with E-state index >= 15 is 0 Å². The molecule has 0 unspecified atom stereocenters. The van der Waals surface area contributed by atoms with Crippen molar-refractivity contribution in [3.8, 4) is 17.2 Å². The minimum atomic E-state index is -4.67. The third kappa shape index (κ3) is 20.9. The number of nitrogens with zero attached hydrogens (tertiary/aromatic N) is 3. The first-order valence-electron chi connectivity index (χ1n) is 21.9. The number of aliphatic hydroxyl groups is 2. The smallest absolute Gasteiger partial charge is 0.394 e. The summed E-state index contributed by atoms with van der Waals surface area (Å²) in [6, 6.07) is 22.7. The van der Waals surface area contributed by atoms with Crippen molar-refractivity contribution in [1.82, 2.24) is 12.9 Å². The highest BCUT2D eigenvalue weighted by Crippen LogP contribution is 2.41. The normalized spacial score (nSPS) is 23.1. The fourth-order valence-electron chi connectivity index (χ4n) is 6.57. The van der Waals surface area contributed by atoms with Crippen LogP contribution in [-0.2, 0) is 45.2 Å². The molecule has 1 spiro atoms. The second kappa shape index (κ2) is 28.3. The van der Waals surface area contributed by atoms with Crippen molar-refractivity contribution in [2.24, 2.45) is 0 Å². The van der Waals surface area contributed by atoms with Crippen LogP contribution < -0.4 is 14.2 Å². The summed E-state index contributed by atoms with van der Waals surface area (Å²) in [6.07, 6.45) is 2.20. The van der Waals surface area contributed by atoms with Crippen molar-refractivity contribution >= 4 is 40.5 Å². The Balaban J connectivity index is 0.000000903. The van der Waals surface area contributed by atoms with E-state index in [1.54, 1.807) is 12.1 Å². The molecule has 24 heteroatoms. The van der Waals surface area contributed by atoms with Crippen LogP contribution in [0, 0.1) is 20.8 Å². The summed E-state index contributed by atoms with van der Waals surface area (Å²) in [5, 5.41) is 19.7. The number of para-hydroxylation sites is 3. The molecule has 4 heterocycles. The van der Waals surface area contributed by atoms with E-state index in [0.29, 0.717) is 38.5 Å². The average Bonchev–Trinajstić information content (AvgIpc) is 3.62. The lowest BCUT2D eigenvalue weighted by Gasteiger charge is -2.27. The molecule has 0 amide bonds. The molecule has 4 fully saturated rings. The van der Waals surface area contributed by atoms with Gasteiger partial charge in [0.1, 0.15) is 46.8 Å². The minimum absolute atomic E-state index is 0. The fraction of sp³-hybridized carbons (Fsp3) is 0.556. The summed E-state index contributed by atoms with van der Waals surface area (Å²) in [5.41, 5.74) is 1.71. The summed E-state index contributed by atoms with van der Waals surface area (Å²) < 4.78 is 128. The SMILES string of the molecule is C=C1CN(S(C)(=O)=O)C[C@@H]1Oc1ccccc1C.CC.CC.CC.Cc1ccccc1O[C@H]1CN(S(C)(=O)=O)C[C@]1(O)CO.Cc1ccccc1O[C@H]1CN(S(C)(=O)=O)C[C@]12CO2.O.O=S(=O)(O)O. The van der Waals surface area contributed by atoms with Gasteiger partial charge in [-0.1, -0.05) is 103 Å². The summed E-state index contributed by atoms with van der Waals surface area (Å²) in [7, 11) is -14.5. The van der Waals surface area contributed by atoms with Crippen molar-refractivity contribution < 1.29 is 77.4 Å². The largest absolute Gasteiger partial charge is 0.486 e. The van der Waals surface area contributed by atoms with Crippen LogP contribution in [-0.4, -0.2) is 172 Å². The Labute approximate surface area is 410 Å². The van der Waals surface area contributed by atoms with Gasteiger partial charge in [-0.3, -0.25) is 9.11 Å². The zero-order valence-electron chi connectivity index (χ0n) is 41.7. The van der Waals surface area contributed by atoms with E-state index in [1.165, 1.54) is 21.1 Å². The Bertz CT molecular complexity index is 2500. The van der Waals surface area contributed by atoms with Crippen molar-refractivity contribution in [1.29, 1.82) is 0 Å². The van der Waals surface area contributed by atoms with E-state index in [0.717, 1.165) is 44.3 Å². The highest BCUT2D eigenvalue weighted by atomic mass is 32.3. The quantitative estimate of drug-likeness (QED) is 0.128. The third-order valence-electron chi connectivity index (χ3n) is 10.3. The molecule has 396 valence electrons. The Morgan fingerprint density at radius 2 is 0.942 bits per heavy atom. The van der Waals surface area contributed by atoms with Crippen molar-refractivity contribution in [2.75, 3.05) is 71.2 Å².